The summed E-state index contributed by atoms with van der Waals surface area (Å²) in [6.07, 6.45) is 0.717. The van der Waals surface area contributed by atoms with Crippen LogP contribution in [0.15, 0.2) is 71.6 Å². The second kappa shape index (κ2) is 5.20. The molecule has 0 N–H and O–H groups in total. The Labute approximate surface area is 136 Å². The lowest BCUT2D eigenvalue weighted by Gasteiger charge is -2.06. The van der Waals surface area contributed by atoms with Gasteiger partial charge in [0.25, 0.3) is 0 Å². The molecule has 23 heavy (non-hydrogen) atoms. The average Bonchev–Trinajstić information content (AvgIpc) is 3.36. The van der Waals surface area contributed by atoms with E-state index in [0.29, 0.717) is 11.3 Å². The van der Waals surface area contributed by atoms with Crippen molar-refractivity contribution in [2.75, 3.05) is 0 Å². The zero-order chi connectivity index (χ0) is 16.0. The summed E-state index contributed by atoms with van der Waals surface area (Å²) in [5.74, 6) is 0.117. The first kappa shape index (κ1) is 14.5. The second-order valence-corrected chi connectivity index (χ2v) is 8.51. The Kier molecular flexibility index (Phi) is 3.27. The fraction of sp³-hybridized carbons (Fsp3) is 0.200. The molecule has 0 bridgehead atoms. The monoisotopic (exact) mass is 322 g/mol. The first-order chi connectivity index (χ1) is 11.1. The first-order valence-corrected chi connectivity index (χ1v) is 9.39. The number of fused-ring (bicyclic) bond motifs is 1. The predicted molar refractivity (Wildman–Crippen MR) is 93.5 cm³/mol. The van der Waals surface area contributed by atoms with Crippen molar-refractivity contribution in [2.24, 2.45) is 0 Å². The molecule has 3 heteroatoms. The van der Waals surface area contributed by atoms with Crippen LogP contribution in [0.1, 0.15) is 23.5 Å². The van der Waals surface area contributed by atoms with Gasteiger partial charge in [-0.2, -0.15) is 0 Å². The molecular formula is C20H18O2S. The van der Waals surface area contributed by atoms with Crippen LogP contribution < -0.4 is 0 Å². The van der Waals surface area contributed by atoms with Gasteiger partial charge in [-0.15, -0.1) is 0 Å². The number of aryl methyl sites for hydroxylation is 1. The van der Waals surface area contributed by atoms with Gasteiger partial charge >= 0.3 is 0 Å². The van der Waals surface area contributed by atoms with Crippen molar-refractivity contribution in [1.82, 2.24) is 0 Å². The number of hydrogen-bond acceptors (Lipinski definition) is 2. The topological polar surface area (TPSA) is 34.1 Å². The van der Waals surface area contributed by atoms with E-state index in [-0.39, 0.29) is 11.2 Å². The van der Waals surface area contributed by atoms with Crippen molar-refractivity contribution in [3.63, 3.8) is 0 Å². The molecule has 0 saturated heterocycles. The largest absolute Gasteiger partial charge is 0.223 e. The lowest BCUT2D eigenvalue weighted by molar-refractivity contribution is 0.594. The molecule has 0 amide bonds. The van der Waals surface area contributed by atoms with Gasteiger partial charge in [0.1, 0.15) is 0 Å². The minimum atomic E-state index is -3.23. The lowest BCUT2D eigenvalue weighted by Crippen LogP contribution is -2.09. The van der Waals surface area contributed by atoms with Gasteiger partial charge in [-0.3, -0.25) is 0 Å². The molecule has 1 unspecified atom stereocenters. The maximum atomic E-state index is 12.8. The van der Waals surface area contributed by atoms with E-state index in [1.807, 2.05) is 31.2 Å². The Morgan fingerprint density at radius 3 is 2.30 bits per heavy atom. The van der Waals surface area contributed by atoms with Crippen LogP contribution in [0.25, 0.3) is 10.8 Å². The molecule has 0 aliphatic heterocycles. The van der Waals surface area contributed by atoms with Crippen LogP contribution in [0, 0.1) is 6.92 Å². The van der Waals surface area contributed by atoms with Gasteiger partial charge in [0.15, 0.2) is 9.84 Å². The third-order valence-corrected chi connectivity index (χ3v) is 6.93. The molecule has 116 valence electrons. The summed E-state index contributed by atoms with van der Waals surface area (Å²) in [6, 6.07) is 21.6. The van der Waals surface area contributed by atoms with Crippen molar-refractivity contribution < 1.29 is 8.42 Å². The summed E-state index contributed by atoms with van der Waals surface area (Å²) in [4.78, 5) is 0.441. The van der Waals surface area contributed by atoms with Crippen molar-refractivity contribution in [2.45, 2.75) is 29.4 Å². The van der Waals surface area contributed by atoms with Gasteiger partial charge in [-0.05, 0) is 41.8 Å². The van der Waals surface area contributed by atoms with E-state index in [0.717, 1.165) is 11.1 Å². The molecule has 0 spiro atoms. The van der Waals surface area contributed by atoms with Crippen LogP contribution >= 0.6 is 0 Å². The highest BCUT2D eigenvalue weighted by Gasteiger charge is 2.48. The van der Waals surface area contributed by atoms with E-state index in [9.17, 15) is 8.42 Å². The minimum Gasteiger partial charge on any atom is -0.223 e. The van der Waals surface area contributed by atoms with Gasteiger partial charge in [0.05, 0.1) is 10.1 Å². The number of sulfone groups is 1. The van der Waals surface area contributed by atoms with Crippen LogP contribution in [-0.2, 0) is 9.84 Å². The Morgan fingerprint density at radius 2 is 1.57 bits per heavy atom. The maximum absolute atomic E-state index is 12.8. The summed E-state index contributed by atoms with van der Waals surface area (Å²) in [6.45, 7) is 1.96. The molecule has 1 fully saturated rings. The molecule has 1 saturated carbocycles. The number of benzene rings is 3. The molecular weight excluding hydrogens is 304 g/mol. The number of hydrogen-bond donors (Lipinski definition) is 0. The summed E-state index contributed by atoms with van der Waals surface area (Å²) >= 11 is 0. The second-order valence-electron chi connectivity index (χ2n) is 6.35. The zero-order valence-corrected chi connectivity index (χ0v) is 13.8. The summed E-state index contributed by atoms with van der Waals surface area (Å²) < 4.78 is 25.5. The summed E-state index contributed by atoms with van der Waals surface area (Å²) in [5, 5.41) is 2.07. The van der Waals surface area contributed by atoms with Crippen molar-refractivity contribution in [3.8, 4) is 0 Å². The standard InChI is InChI=1S/C20H18O2S/c1-14-6-10-18(11-7-14)23(21,22)20-13-19(20)17-9-8-15-4-2-3-5-16(15)12-17/h2-12,19-20H,13H2,1H3/t19-,20?/m0/s1. The molecule has 1 aliphatic rings. The fourth-order valence-corrected chi connectivity index (χ4v) is 5.12. The molecule has 0 aromatic heterocycles. The van der Waals surface area contributed by atoms with E-state index >= 15 is 0 Å². The van der Waals surface area contributed by atoms with Crippen LogP contribution in [0.2, 0.25) is 0 Å². The average molecular weight is 322 g/mol. The molecule has 4 rings (SSSR count). The predicted octanol–water partition coefficient (Wildman–Crippen LogP) is 4.48. The van der Waals surface area contributed by atoms with Gasteiger partial charge in [-0.1, -0.05) is 60.2 Å². The molecule has 2 atom stereocenters. The highest BCUT2D eigenvalue weighted by Crippen LogP contribution is 2.48. The Balaban J connectivity index is 1.64. The van der Waals surface area contributed by atoms with E-state index in [2.05, 4.69) is 30.3 Å². The maximum Gasteiger partial charge on any atom is 0.181 e. The van der Waals surface area contributed by atoms with Crippen molar-refractivity contribution in [3.05, 3.63) is 77.9 Å². The summed E-state index contributed by atoms with van der Waals surface area (Å²) in [5.41, 5.74) is 2.20. The van der Waals surface area contributed by atoms with Crippen molar-refractivity contribution >= 4 is 20.6 Å². The highest BCUT2D eigenvalue weighted by atomic mass is 32.2. The van der Waals surface area contributed by atoms with Crippen molar-refractivity contribution in [1.29, 1.82) is 0 Å². The van der Waals surface area contributed by atoms with Crippen LogP contribution in [0.5, 0.6) is 0 Å². The van der Waals surface area contributed by atoms with E-state index < -0.39 is 9.84 Å². The fourth-order valence-electron chi connectivity index (χ4n) is 3.21. The molecule has 0 heterocycles. The molecule has 0 radical (unpaired) electrons. The minimum absolute atomic E-state index is 0.117. The van der Waals surface area contributed by atoms with Crippen LogP contribution in [0.4, 0.5) is 0 Å². The Hall–Kier alpha value is -2.13. The highest BCUT2D eigenvalue weighted by molar-refractivity contribution is 7.92. The summed E-state index contributed by atoms with van der Waals surface area (Å²) in [7, 11) is -3.23. The van der Waals surface area contributed by atoms with Crippen LogP contribution in [0.3, 0.4) is 0 Å². The SMILES string of the molecule is Cc1ccc(S(=O)(=O)C2C[C@H]2c2ccc3ccccc3c2)cc1. The normalized spacial score (nSPS) is 20.6. The smallest absolute Gasteiger partial charge is 0.181 e. The third-order valence-electron chi connectivity index (χ3n) is 4.68. The zero-order valence-electron chi connectivity index (χ0n) is 12.9. The third kappa shape index (κ3) is 2.55. The first-order valence-electron chi connectivity index (χ1n) is 7.85. The van der Waals surface area contributed by atoms with Crippen LogP contribution in [-0.4, -0.2) is 13.7 Å². The van der Waals surface area contributed by atoms with Gasteiger partial charge in [0, 0.05) is 5.92 Å². The Bertz CT molecular complexity index is 972. The molecule has 3 aromatic carbocycles. The Morgan fingerprint density at radius 1 is 0.870 bits per heavy atom. The van der Waals surface area contributed by atoms with E-state index in [1.165, 1.54) is 10.8 Å². The lowest BCUT2D eigenvalue weighted by atomic mass is 10.0. The van der Waals surface area contributed by atoms with Gasteiger partial charge in [-0.25, -0.2) is 8.42 Å². The molecule has 2 nitrogen and oxygen atoms in total. The molecule has 3 aromatic rings. The van der Waals surface area contributed by atoms with Gasteiger partial charge in [0.2, 0.25) is 0 Å². The van der Waals surface area contributed by atoms with E-state index in [4.69, 9.17) is 0 Å². The quantitative estimate of drug-likeness (QED) is 0.712. The van der Waals surface area contributed by atoms with Gasteiger partial charge < -0.3 is 0 Å². The van der Waals surface area contributed by atoms with E-state index in [1.54, 1.807) is 12.1 Å². The number of rotatable bonds is 3. The molecule has 1 aliphatic carbocycles.